The highest BCUT2D eigenvalue weighted by Crippen LogP contribution is 2.55. The van der Waals surface area contributed by atoms with Gasteiger partial charge in [-0.3, -0.25) is 0 Å². The molecule has 2 unspecified atom stereocenters. The normalized spacial score (nSPS) is 28.8. The molecule has 0 aromatic heterocycles. The van der Waals surface area contributed by atoms with Crippen LogP contribution in [0.25, 0.3) is 0 Å². The van der Waals surface area contributed by atoms with Gasteiger partial charge in [0.2, 0.25) is 0 Å². The van der Waals surface area contributed by atoms with Gasteiger partial charge in [0.15, 0.2) is 0 Å². The van der Waals surface area contributed by atoms with E-state index in [0.717, 1.165) is 30.4 Å². The maximum absolute atomic E-state index is 11.0. The molecule has 122 valence electrons. The fraction of sp³-hybridized carbons (Fsp3) is 0.421. The molecule has 2 aliphatic carbocycles. The predicted octanol–water partition coefficient (Wildman–Crippen LogP) is 3.42. The Hall–Kier alpha value is -2.07. The molecule has 2 aliphatic rings. The average Bonchev–Trinajstić information content (AvgIpc) is 2.54. The molecule has 4 heteroatoms. The van der Waals surface area contributed by atoms with Gasteiger partial charge in [-0.2, -0.15) is 0 Å². The minimum atomic E-state index is -0.587. The first-order valence-corrected chi connectivity index (χ1v) is 8.13. The van der Waals surface area contributed by atoms with E-state index >= 15 is 0 Å². The molecule has 1 saturated carbocycles. The van der Waals surface area contributed by atoms with Gasteiger partial charge in [0, 0.05) is 11.9 Å². The summed E-state index contributed by atoms with van der Waals surface area (Å²) in [4.78, 5) is 0. The summed E-state index contributed by atoms with van der Waals surface area (Å²) in [6.45, 7) is 2.18. The topological polar surface area (TPSA) is 90.3 Å². The fourth-order valence-corrected chi connectivity index (χ4v) is 4.16. The molecule has 0 amide bonds. The van der Waals surface area contributed by atoms with Gasteiger partial charge in [0.25, 0.3) is 0 Å². The first kappa shape index (κ1) is 15.8. The van der Waals surface area contributed by atoms with Gasteiger partial charge in [-0.25, -0.2) is 0 Å². The first-order valence-electron chi connectivity index (χ1n) is 8.13. The summed E-state index contributed by atoms with van der Waals surface area (Å²) >= 11 is 0. The van der Waals surface area contributed by atoms with E-state index in [9.17, 15) is 10.2 Å². The maximum atomic E-state index is 11.0. The fourth-order valence-electron chi connectivity index (χ4n) is 4.16. The van der Waals surface area contributed by atoms with E-state index in [4.69, 9.17) is 11.1 Å². The van der Waals surface area contributed by atoms with Gasteiger partial charge >= 0.3 is 0 Å². The summed E-state index contributed by atoms with van der Waals surface area (Å²) < 4.78 is 0. The van der Waals surface area contributed by atoms with Crippen molar-refractivity contribution >= 4 is 6.21 Å². The van der Waals surface area contributed by atoms with Crippen LogP contribution >= 0.6 is 0 Å². The zero-order chi connectivity index (χ0) is 16.6. The van der Waals surface area contributed by atoms with Crippen molar-refractivity contribution in [3.05, 3.63) is 52.7 Å². The van der Waals surface area contributed by atoms with Crippen molar-refractivity contribution < 1.29 is 10.2 Å². The lowest BCUT2D eigenvalue weighted by Crippen LogP contribution is -2.39. The first-order chi connectivity index (χ1) is 11.0. The summed E-state index contributed by atoms with van der Waals surface area (Å²) in [5, 5.41) is 28.0. The third kappa shape index (κ3) is 2.68. The van der Waals surface area contributed by atoms with Crippen LogP contribution in [0.15, 0.2) is 47.2 Å². The predicted molar refractivity (Wildman–Crippen MR) is 91.2 cm³/mol. The number of rotatable bonds is 3. The molecule has 4 nitrogen and oxygen atoms in total. The number of hydrogen-bond donors (Lipinski definition) is 4. The van der Waals surface area contributed by atoms with Gasteiger partial charge in [0.1, 0.15) is 5.75 Å². The van der Waals surface area contributed by atoms with E-state index in [0.29, 0.717) is 12.1 Å². The van der Waals surface area contributed by atoms with Gasteiger partial charge < -0.3 is 21.4 Å². The monoisotopic (exact) mass is 312 g/mol. The Balaban J connectivity index is 1.95. The van der Waals surface area contributed by atoms with E-state index in [1.165, 1.54) is 11.8 Å². The molecule has 23 heavy (non-hydrogen) atoms. The molecular formula is C19H24N2O2. The second-order valence-corrected chi connectivity index (χ2v) is 6.92. The van der Waals surface area contributed by atoms with Crippen molar-refractivity contribution in [1.29, 1.82) is 5.41 Å². The summed E-state index contributed by atoms with van der Waals surface area (Å²) in [7, 11) is 0. The quantitative estimate of drug-likeness (QED) is 0.645. The Labute approximate surface area is 136 Å². The molecule has 3 rings (SSSR count). The summed E-state index contributed by atoms with van der Waals surface area (Å²) in [5.41, 5.74) is 9.54. The molecule has 0 bridgehead atoms. The van der Waals surface area contributed by atoms with E-state index < -0.39 is 6.10 Å². The Morgan fingerprint density at radius 3 is 2.70 bits per heavy atom. The Kier molecular flexibility index (Phi) is 4.02. The van der Waals surface area contributed by atoms with Crippen LogP contribution in [0.1, 0.15) is 44.3 Å². The van der Waals surface area contributed by atoms with Gasteiger partial charge in [-0.15, -0.1) is 0 Å². The smallest absolute Gasteiger partial charge is 0.115 e. The van der Waals surface area contributed by atoms with E-state index in [-0.39, 0.29) is 17.1 Å². The van der Waals surface area contributed by atoms with E-state index in [1.54, 1.807) is 24.3 Å². The van der Waals surface area contributed by atoms with Crippen LogP contribution < -0.4 is 5.73 Å². The Morgan fingerprint density at radius 2 is 2.04 bits per heavy atom. The van der Waals surface area contributed by atoms with Gasteiger partial charge in [-0.05, 0) is 66.4 Å². The molecule has 1 aromatic rings. The molecule has 5 N–H and O–H groups in total. The number of aromatic hydroxyl groups is 1. The van der Waals surface area contributed by atoms with Crippen LogP contribution in [-0.2, 0) is 0 Å². The van der Waals surface area contributed by atoms with E-state index in [1.807, 2.05) is 6.08 Å². The molecule has 0 heterocycles. The second kappa shape index (κ2) is 5.85. The third-order valence-corrected chi connectivity index (χ3v) is 5.56. The van der Waals surface area contributed by atoms with Crippen molar-refractivity contribution in [2.75, 3.05) is 0 Å². The number of phenolic OH excluding ortho intramolecular Hbond substituents is 1. The number of aliphatic hydroxyl groups excluding tert-OH is 1. The molecular weight excluding hydrogens is 288 g/mol. The number of nitrogens with two attached hydrogens (primary N) is 1. The Morgan fingerprint density at radius 1 is 1.35 bits per heavy atom. The minimum Gasteiger partial charge on any atom is -0.508 e. The SMILES string of the molecule is CC12CC(C=N)=C(N)C=C1CCCC2[C@@H](O)c1ccc(O)cc1. The number of allylic oxidation sites excluding steroid dienone is 3. The summed E-state index contributed by atoms with van der Waals surface area (Å²) in [5.74, 6) is 0.283. The van der Waals surface area contributed by atoms with Crippen LogP contribution in [0.5, 0.6) is 5.75 Å². The number of phenols is 1. The lowest BCUT2D eigenvalue weighted by atomic mass is 9.57. The largest absolute Gasteiger partial charge is 0.508 e. The van der Waals surface area contributed by atoms with Crippen molar-refractivity contribution in [1.82, 2.24) is 0 Å². The molecule has 1 fully saturated rings. The van der Waals surface area contributed by atoms with Crippen LogP contribution in [0, 0.1) is 16.7 Å². The lowest BCUT2D eigenvalue weighted by molar-refractivity contribution is 0.0215. The zero-order valence-corrected chi connectivity index (χ0v) is 13.4. The number of fused-ring (bicyclic) bond motifs is 1. The molecule has 1 aromatic carbocycles. The number of hydrogen-bond acceptors (Lipinski definition) is 4. The number of nitrogens with one attached hydrogen (secondary N) is 1. The standard InChI is InChI=1S/C19H24N2O2/c1-19-10-13(11-20)17(21)9-14(19)3-2-4-16(19)18(23)12-5-7-15(22)8-6-12/h5-9,11,16,18,20,22-23H,2-4,10,21H2,1H3/t16?,18-,19?/m0/s1. The van der Waals surface area contributed by atoms with Crippen LogP contribution in [0.4, 0.5) is 0 Å². The van der Waals surface area contributed by atoms with Crippen LogP contribution in [-0.4, -0.2) is 16.4 Å². The molecule has 0 radical (unpaired) electrons. The van der Waals surface area contributed by atoms with Crippen LogP contribution in [0.3, 0.4) is 0 Å². The van der Waals surface area contributed by atoms with Crippen molar-refractivity contribution in [2.45, 2.75) is 38.7 Å². The third-order valence-electron chi connectivity index (χ3n) is 5.56. The molecule has 0 saturated heterocycles. The van der Waals surface area contributed by atoms with Crippen molar-refractivity contribution in [3.8, 4) is 5.75 Å². The average molecular weight is 312 g/mol. The second-order valence-electron chi connectivity index (χ2n) is 6.92. The number of benzene rings is 1. The van der Waals surface area contributed by atoms with Crippen LogP contribution in [0.2, 0.25) is 0 Å². The van der Waals surface area contributed by atoms with Crippen molar-refractivity contribution in [2.24, 2.45) is 17.1 Å². The van der Waals surface area contributed by atoms with Gasteiger partial charge in [0.05, 0.1) is 6.10 Å². The summed E-state index contributed by atoms with van der Waals surface area (Å²) in [6.07, 6.45) is 6.45. The number of aliphatic hydroxyl groups is 1. The highest BCUT2D eigenvalue weighted by Gasteiger charge is 2.45. The van der Waals surface area contributed by atoms with E-state index in [2.05, 4.69) is 6.92 Å². The zero-order valence-electron chi connectivity index (χ0n) is 13.4. The molecule has 0 spiro atoms. The highest BCUT2D eigenvalue weighted by molar-refractivity contribution is 5.79. The summed E-state index contributed by atoms with van der Waals surface area (Å²) in [6, 6.07) is 6.79. The highest BCUT2D eigenvalue weighted by atomic mass is 16.3. The molecule has 3 atom stereocenters. The van der Waals surface area contributed by atoms with Crippen molar-refractivity contribution in [3.63, 3.8) is 0 Å². The minimum absolute atomic E-state index is 0.0788. The maximum Gasteiger partial charge on any atom is 0.115 e. The Bertz CT molecular complexity index is 675. The molecule has 0 aliphatic heterocycles. The van der Waals surface area contributed by atoms with Gasteiger partial charge in [-0.1, -0.05) is 24.6 Å². The lowest BCUT2D eigenvalue weighted by Gasteiger charge is -2.48.